The Balaban J connectivity index is 2.76. The number of aromatic nitrogens is 1. The predicted octanol–water partition coefficient (Wildman–Crippen LogP) is -0.655. The number of aromatic amines is 1. The molecule has 14 heavy (non-hydrogen) atoms. The molecule has 1 aromatic heterocycles. The highest BCUT2D eigenvalue weighted by Gasteiger charge is 2.10. The molecule has 0 bridgehead atoms. The Morgan fingerprint density at radius 3 is 2.64 bits per heavy atom. The van der Waals surface area contributed by atoms with Crippen LogP contribution in [0, 0.1) is 0 Å². The molecule has 1 amide bonds. The second-order valence-corrected chi connectivity index (χ2v) is 2.34. The van der Waals surface area contributed by atoms with Crippen molar-refractivity contribution >= 4 is 18.2 Å². The number of nitrogens with zero attached hydrogens (tertiary/aromatic N) is 1. The second-order valence-electron chi connectivity index (χ2n) is 2.34. The number of rotatable bonds is 3. The number of carbonyl (C=O) groups is 2. The zero-order valence-electron chi connectivity index (χ0n) is 7.02. The summed E-state index contributed by atoms with van der Waals surface area (Å²) in [5.41, 5.74) is 0.0714. The van der Waals surface area contributed by atoms with Gasteiger partial charge in [0.1, 0.15) is 17.7 Å². The van der Waals surface area contributed by atoms with Gasteiger partial charge in [-0.3, -0.25) is 4.79 Å². The summed E-state index contributed by atoms with van der Waals surface area (Å²) in [6.07, 6.45) is 1.00. The molecule has 0 radical (unpaired) electrons. The first kappa shape index (κ1) is 9.78. The summed E-state index contributed by atoms with van der Waals surface area (Å²) in [5.74, 6) is 3.12. The molecule has 0 fully saturated rings. The molecular weight excluding hydrogens is 188 g/mol. The van der Waals surface area contributed by atoms with Crippen molar-refractivity contribution in [2.75, 3.05) is 0 Å². The van der Waals surface area contributed by atoms with Gasteiger partial charge in [-0.2, -0.15) is 5.10 Å². The number of amides is 1. The lowest BCUT2D eigenvalue weighted by molar-refractivity contribution is 0.0691. The van der Waals surface area contributed by atoms with Crippen LogP contribution in [0.15, 0.2) is 17.2 Å². The Kier molecular flexibility index (Phi) is 2.85. The second kappa shape index (κ2) is 4.08. The fourth-order valence-corrected chi connectivity index (χ4v) is 0.826. The molecule has 0 aliphatic rings. The molecule has 0 aliphatic carbocycles. The van der Waals surface area contributed by atoms with E-state index in [1.165, 1.54) is 12.1 Å². The third-order valence-electron chi connectivity index (χ3n) is 1.43. The first-order valence-electron chi connectivity index (χ1n) is 3.60. The molecule has 0 aromatic carbocycles. The molecule has 0 atom stereocenters. The molecule has 5 N–H and O–H groups in total. The SMILES string of the molecule is N/N=C/NC(=O)c1ccc(C(=O)O)[nH]1. The number of aromatic carboxylic acids is 1. The molecular formula is C7H8N4O3. The highest BCUT2D eigenvalue weighted by Crippen LogP contribution is 2.01. The Morgan fingerprint density at radius 2 is 2.14 bits per heavy atom. The number of carbonyl (C=O) groups excluding carboxylic acids is 1. The van der Waals surface area contributed by atoms with Crippen LogP contribution in [0.3, 0.4) is 0 Å². The van der Waals surface area contributed by atoms with Crippen LogP contribution in [0.25, 0.3) is 0 Å². The molecule has 7 nitrogen and oxygen atoms in total. The van der Waals surface area contributed by atoms with Crippen molar-refractivity contribution in [1.82, 2.24) is 10.3 Å². The van der Waals surface area contributed by atoms with Crippen molar-refractivity contribution in [3.05, 3.63) is 23.5 Å². The predicted molar refractivity (Wildman–Crippen MR) is 47.9 cm³/mol. The first-order valence-corrected chi connectivity index (χ1v) is 3.60. The number of hydrogen-bond donors (Lipinski definition) is 4. The largest absolute Gasteiger partial charge is 0.477 e. The fraction of sp³-hybridized carbons (Fsp3) is 0. The average molecular weight is 196 g/mol. The van der Waals surface area contributed by atoms with Gasteiger partial charge >= 0.3 is 5.97 Å². The maximum atomic E-state index is 11.2. The van der Waals surface area contributed by atoms with Crippen molar-refractivity contribution in [3.8, 4) is 0 Å². The van der Waals surface area contributed by atoms with E-state index < -0.39 is 11.9 Å². The first-order chi connectivity index (χ1) is 6.65. The average Bonchev–Trinajstić information content (AvgIpc) is 2.62. The van der Waals surface area contributed by atoms with E-state index in [9.17, 15) is 9.59 Å². The minimum absolute atomic E-state index is 0.0557. The van der Waals surface area contributed by atoms with Gasteiger partial charge in [-0.15, -0.1) is 0 Å². The Labute approximate surface area is 78.6 Å². The van der Waals surface area contributed by atoms with Gasteiger partial charge in [-0.1, -0.05) is 0 Å². The highest BCUT2D eigenvalue weighted by molar-refractivity contribution is 6.00. The van der Waals surface area contributed by atoms with E-state index in [-0.39, 0.29) is 11.4 Å². The normalized spacial score (nSPS) is 10.3. The molecule has 1 aromatic rings. The number of carboxylic acids is 1. The van der Waals surface area contributed by atoms with Gasteiger partial charge in [0.2, 0.25) is 0 Å². The third-order valence-corrected chi connectivity index (χ3v) is 1.43. The topological polar surface area (TPSA) is 121 Å². The maximum Gasteiger partial charge on any atom is 0.352 e. The summed E-state index contributed by atoms with van der Waals surface area (Å²) in [4.78, 5) is 24.0. The molecule has 0 aliphatic heterocycles. The summed E-state index contributed by atoms with van der Waals surface area (Å²) < 4.78 is 0. The Hall–Kier alpha value is -2.31. The molecule has 7 heteroatoms. The summed E-state index contributed by atoms with van der Waals surface area (Å²) in [5, 5.41) is 13.8. The lowest BCUT2D eigenvalue weighted by Gasteiger charge is -1.94. The minimum atomic E-state index is -1.13. The zero-order valence-corrected chi connectivity index (χ0v) is 7.02. The Bertz CT molecular complexity index is 382. The number of nitrogens with two attached hydrogens (primary N) is 1. The molecule has 0 saturated carbocycles. The van der Waals surface area contributed by atoms with Gasteiger partial charge in [-0.25, -0.2) is 4.79 Å². The van der Waals surface area contributed by atoms with Crippen molar-refractivity contribution in [3.63, 3.8) is 0 Å². The molecule has 0 spiro atoms. The van der Waals surface area contributed by atoms with Gasteiger partial charge in [0.25, 0.3) is 5.91 Å². The number of H-pyrrole nitrogens is 1. The molecule has 1 heterocycles. The number of carboxylic acid groups (broad SMARTS) is 1. The zero-order chi connectivity index (χ0) is 10.6. The van der Waals surface area contributed by atoms with Crippen LogP contribution in [0.2, 0.25) is 0 Å². The van der Waals surface area contributed by atoms with Gasteiger partial charge in [0, 0.05) is 0 Å². The standard InChI is InChI=1S/C7H8N4O3/c8-10-3-9-6(12)4-1-2-5(11-4)7(13)14/h1-3,11H,8H2,(H,13,14)(H,9,10,12). The highest BCUT2D eigenvalue weighted by atomic mass is 16.4. The minimum Gasteiger partial charge on any atom is -0.477 e. The van der Waals surface area contributed by atoms with Gasteiger partial charge < -0.3 is 21.2 Å². The van der Waals surface area contributed by atoms with Crippen molar-refractivity contribution in [1.29, 1.82) is 0 Å². The number of nitrogens with one attached hydrogen (secondary N) is 2. The number of hydrazone groups is 1. The lowest BCUT2D eigenvalue weighted by atomic mass is 10.4. The molecule has 1 rings (SSSR count). The summed E-state index contributed by atoms with van der Waals surface area (Å²) in [6.45, 7) is 0. The monoisotopic (exact) mass is 196 g/mol. The van der Waals surface area contributed by atoms with E-state index in [0.29, 0.717) is 0 Å². The van der Waals surface area contributed by atoms with E-state index in [1.807, 2.05) is 0 Å². The lowest BCUT2D eigenvalue weighted by Crippen LogP contribution is -2.22. The van der Waals surface area contributed by atoms with Gasteiger partial charge in [0.05, 0.1) is 0 Å². The van der Waals surface area contributed by atoms with Crippen LogP contribution in [-0.4, -0.2) is 28.3 Å². The van der Waals surface area contributed by atoms with Gasteiger partial charge in [-0.05, 0) is 12.1 Å². The van der Waals surface area contributed by atoms with Crippen LogP contribution in [0.4, 0.5) is 0 Å². The maximum absolute atomic E-state index is 11.2. The number of hydrogen-bond acceptors (Lipinski definition) is 4. The van der Waals surface area contributed by atoms with Crippen LogP contribution >= 0.6 is 0 Å². The van der Waals surface area contributed by atoms with Crippen LogP contribution < -0.4 is 11.2 Å². The summed E-state index contributed by atoms with van der Waals surface area (Å²) in [7, 11) is 0. The smallest absolute Gasteiger partial charge is 0.352 e. The quantitative estimate of drug-likeness (QED) is 0.222. The van der Waals surface area contributed by atoms with Crippen LogP contribution in [0.1, 0.15) is 21.0 Å². The van der Waals surface area contributed by atoms with Gasteiger partial charge in [0.15, 0.2) is 0 Å². The molecule has 74 valence electrons. The van der Waals surface area contributed by atoms with E-state index in [0.717, 1.165) is 6.34 Å². The fourth-order valence-electron chi connectivity index (χ4n) is 0.826. The van der Waals surface area contributed by atoms with Crippen LogP contribution in [-0.2, 0) is 0 Å². The van der Waals surface area contributed by atoms with E-state index in [1.54, 1.807) is 0 Å². The third kappa shape index (κ3) is 2.09. The summed E-state index contributed by atoms with van der Waals surface area (Å²) >= 11 is 0. The summed E-state index contributed by atoms with van der Waals surface area (Å²) in [6, 6.07) is 2.64. The van der Waals surface area contributed by atoms with E-state index in [4.69, 9.17) is 10.9 Å². The Morgan fingerprint density at radius 1 is 1.50 bits per heavy atom. The van der Waals surface area contributed by atoms with E-state index in [2.05, 4.69) is 15.4 Å². The van der Waals surface area contributed by atoms with Crippen molar-refractivity contribution in [2.24, 2.45) is 10.9 Å². The molecule has 0 saturated heterocycles. The molecule has 0 unspecified atom stereocenters. The van der Waals surface area contributed by atoms with Crippen molar-refractivity contribution in [2.45, 2.75) is 0 Å². The van der Waals surface area contributed by atoms with Crippen molar-refractivity contribution < 1.29 is 14.7 Å². The van der Waals surface area contributed by atoms with Crippen LogP contribution in [0.5, 0.6) is 0 Å². The van der Waals surface area contributed by atoms with E-state index >= 15 is 0 Å².